The summed E-state index contributed by atoms with van der Waals surface area (Å²) in [4.78, 5) is 31.8. The molecule has 0 bridgehead atoms. The van der Waals surface area contributed by atoms with Gasteiger partial charge >= 0.3 is 0 Å². The van der Waals surface area contributed by atoms with Crippen molar-refractivity contribution in [1.29, 1.82) is 0 Å². The fraction of sp³-hybridized carbons (Fsp3) is 0.167. The second-order valence-corrected chi connectivity index (χ2v) is 4.26. The molecule has 0 aliphatic heterocycles. The number of hydrogen-bond donors (Lipinski definition) is 3. The van der Waals surface area contributed by atoms with Gasteiger partial charge in [0.25, 0.3) is 0 Å². The normalized spacial score (nSPS) is 10.4. The zero-order chi connectivity index (χ0) is 14.7. The smallest absolute Gasteiger partial charge is 0.237 e. The maximum Gasteiger partial charge on any atom is 0.237 e. The van der Waals surface area contributed by atoms with Crippen molar-refractivity contribution in [3.8, 4) is 0 Å². The van der Waals surface area contributed by atoms with Gasteiger partial charge in [-0.3, -0.25) is 9.59 Å². The predicted octanol–water partition coefficient (Wildman–Crippen LogP) is -1.01. The number of nitrogens with two attached hydrogens (primary N) is 3. The number of nitrogen functional groups attached to an aromatic ring is 1. The zero-order valence-corrected chi connectivity index (χ0v) is 10.6. The van der Waals surface area contributed by atoms with Crippen LogP contribution in [0.2, 0.25) is 0 Å². The molecule has 0 unspecified atom stereocenters. The third-order valence-corrected chi connectivity index (χ3v) is 2.63. The standard InChI is InChI=1S/C12H14N6O2/c13-7-1-2-9-8(3-7)12(17-6-16-9)18(4-10(14)19)5-11(15)20/h1-3,6H,4-5,13H2,(H2,14,19)(H2,15,20). The summed E-state index contributed by atoms with van der Waals surface area (Å²) in [5.41, 5.74) is 17.3. The number of carbonyl (C=O) groups excluding carboxylic acids is 2. The first-order valence-corrected chi connectivity index (χ1v) is 5.79. The van der Waals surface area contributed by atoms with Gasteiger partial charge in [0.1, 0.15) is 12.1 Å². The molecule has 0 saturated heterocycles. The first kappa shape index (κ1) is 13.5. The minimum atomic E-state index is -0.595. The molecule has 0 aliphatic carbocycles. The number of primary amides is 2. The molecule has 1 aromatic heterocycles. The number of aromatic nitrogens is 2. The van der Waals surface area contributed by atoms with Crippen molar-refractivity contribution in [1.82, 2.24) is 9.97 Å². The fourth-order valence-electron chi connectivity index (χ4n) is 1.89. The first-order chi connectivity index (χ1) is 9.47. The van der Waals surface area contributed by atoms with Gasteiger partial charge in [-0.2, -0.15) is 0 Å². The summed E-state index contributed by atoms with van der Waals surface area (Å²) < 4.78 is 0. The van der Waals surface area contributed by atoms with E-state index < -0.39 is 11.8 Å². The molecule has 6 N–H and O–H groups in total. The van der Waals surface area contributed by atoms with E-state index in [1.165, 1.54) is 11.2 Å². The molecule has 1 aromatic carbocycles. The summed E-state index contributed by atoms with van der Waals surface area (Å²) >= 11 is 0. The van der Waals surface area contributed by atoms with Crippen LogP contribution < -0.4 is 22.1 Å². The fourth-order valence-corrected chi connectivity index (χ4v) is 1.89. The average molecular weight is 274 g/mol. The van der Waals surface area contributed by atoms with Crippen LogP contribution in [0.25, 0.3) is 10.9 Å². The van der Waals surface area contributed by atoms with E-state index >= 15 is 0 Å². The molecule has 0 radical (unpaired) electrons. The summed E-state index contributed by atoms with van der Waals surface area (Å²) in [5, 5.41) is 0.620. The Labute approximate surface area is 114 Å². The Hall–Kier alpha value is -2.90. The number of anilines is 2. The first-order valence-electron chi connectivity index (χ1n) is 5.79. The van der Waals surface area contributed by atoms with Crippen molar-refractivity contribution < 1.29 is 9.59 Å². The molecule has 8 heteroatoms. The van der Waals surface area contributed by atoms with Crippen molar-refractivity contribution in [2.24, 2.45) is 11.5 Å². The van der Waals surface area contributed by atoms with Crippen LogP contribution in [0.3, 0.4) is 0 Å². The van der Waals surface area contributed by atoms with Gasteiger partial charge in [0.2, 0.25) is 11.8 Å². The Balaban J connectivity index is 2.54. The topological polar surface area (TPSA) is 141 Å². The van der Waals surface area contributed by atoms with E-state index in [0.29, 0.717) is 22.4 Å². The average Bonchev–Trinajstić information content (AvgIpc) is 2.36. The number of carbonyl (C=O) groups is 2. The zero-order valence-electron chi connectivity index (χ0n) is 10.6. The van der Waals surface area contributed by atoms with Gasteiger partial charge in [0.15, 0.2) is 0 Å². The molecule has 8 nitrogen and oxygen atoms in total. The summed E-state index contributed by atoms with van der Waals surface area (Å²) in [6, 6.07) is 5.09. The van der Waals surface area contributed by atoms with E-state index in [2.05, 4.69) is 9.97 Å². The maximum atomic E-state index is 11.1. The van der Waals surface area contributed by atoms with Crippen LogP contribution in [0.4, 0.5) is 11.5 Å². The molecule has 0 spiro atoms. The summed E-state index contributed by atoms with van der Waals surface area (Å²) in [5.74, 6) is -0.802. The van der Waals surface area contributed by atoms with Gasteiger partial charge in [-0.05, 0) is 18.2 Å². The molecule has 2 amide bonds. The largest absolute Gasteiger partial charge is 0.399 e. The Bertz CT molecular complexity index is 656. The lowest BCUT2D eigenvalue weighted by molar-refractivity contribution is -0.117. The van der Waals surface area contributed by atoms with E-state index in [-0.39, 0.29) is 13.1 Å². The molecule has 20 heavy (non-hydrogen) atoms. The van der Waals surface area contributed by atoms with Crippen LogP contribution in [0, 0.1) is 0 Å². The van der Waals surface area contributed by atoms with Crippen LogP contribution in [0.5, 0.6) is 0 Å². The third kappa shape index (κ3) is 2.91. The van der Waals surface area contributed by atoms with Crippen molar-refractivity contribution in [2.45, 2.75) is 0 Å². The molecule has 0 fully saturated rings. The van der Waals surface area contributed by atoms with Gasteiger partial charge in [-0.15, -0.1) is 0 Å². The number of hydrogen-bond acceptors (Lipinski definition) is 6. The Morgan fingerprint density at radius 1 is 1.10 bits per heavy atom. The number of rotatable bonds is 5. The molecule has 1 heterocycles. The van der Waals surface area contributed by atoms with E-state index in [0.717, 1.165) is 0 Å². The quantitative estimate of drug-likeness (QED) is 0.596. The lowest BCUT2D eigenvalue weighted by Gasteiger charge is -2.21. The van der Waals surface area contributed by atoms with Crippen LogP contribution in [-0.4, -0.2) is 34.9 Å². The monoisotopic (exact) mass is 274 g/mol. The number of benzene rings is 1. The SMILES string of the molecule is NC(=O)CN(CC(N)=O)c1ncnc2ccc(N)cc12. The summed E-state index contributed by atoms with van der Waals surface area (Å²) in [6.07, 6.45) is 1.34. The molecule has 2 rings (SSSR count). The molecular formula is C12H14N6O2. The van der Waals surface area contributed by atoms with Gasteiger partial charge < -0.3 is 22.1 Å². The lowest BCUT2D eigenvalue weighted by Crippen LogP contribution is -2.40. The Morgan fingerprint density at radius 3 is 2.35 bits per heavy atom. The third-order valence-electron chi connectivity index (χ3n) is 2.63. The van der Waals surface area contributed by atoms with E-state index in [9.17, 15) is 9.59 Å². The van der Waals surface area contributed by atoms with E-state index in [1.54, 1.807) is 18.2 Å². The second kappa shape index (κ2) is 5.39. The van der Waals surface area contributed by atoms with Crippen molar-refractivity contribution in [3.63, 3.8) is 0 Å². The summed E-state index contributed by atoms with van der Waals surface area (Å²) in [6.45, 7) is -0.353. The van der Waals surface area contributed by atoms with Gasteiger partial charge in [0, 0.05) is 11.1 Å². The van der Waals surface area contributed by atoms with Crippen LogP contribution in [0.15, 0.2) is 24.5 Å². The minimum Gasteiger partial charge on any atom is -0.399 e. The number of fused-ring (bicyclic) bond motifs is 1. The van der Waals surface area contributed by atoms with E-state index in [4.69, 9.17) is 17.2 Å². The van der Waals surface area contributed by atoms with Crippen LogP contribution in [0.1, 0.15) is 0 Å². The minimum absolute atomic E-state index is 0.177. The highest BCUT2D eigenvalue weighted by atomic mass is 16.2. The summed E-state index contributed by atoms with van der Waals surface area (Å²) in [7, 11) is 0. The van der Waals surface area contributed by atoms with Gasteiger partial charge in [-0.1, -0.05) is 0 Å². The highest BCUT2D eigenvalue weighted by Crippen LogP contribution is 2.24. The molecule has 0 aliphatic rings. The van der Waals surface area contributed by atoms with Gasteiger partial charge in [0.05, 0.1) is 18.6 Å². The molecule has 0 saturated carbocycles. The van der Waals surface area contributed by atoms with Crippen molar-refractivity contribution in [2.75, 3.05) is 23.7 Å². The molecule has 2 aromatic rings. The second-order valence-electron chi connectivity index (χ2n) is 4.26. The Morgan fingerprint density at radius 2 is 1.75 bits per heavy atom. The number of nitrogens with zero attached hydrogens (tertiary/aromatic N) is 3. The number of amides is 2. The lowest BCUT2D eigenvalue weighted by atomic mass is 10.2. The highest BCUT2D eigenvalue weighted by Gasteiger charge is 2.16. The van der Waals surface area contributed by atoms with Gasteiger partial charge in [-0.25, -0.2) is 9.97 Å². The maximum absolute atomic E-state index is 11.1. The molecular weight excluding hydrogens is 260 g/mol. The van der Waals surface area contributed by atoms with Crippen LogP contribution in [-0.2, 0) is 9.59 Å². The van der Waals surface area contributed by atoms with Crippen LogP contribution >= 0.6 is 0 Å². The molecule has 0 atom stereocenters. The van der Waals surface area contributed by atoms with E-state index in [1.807, 2.05) is 0 Å². The predicted molar refractivity (Wildman–Crippen MR) is 74.6 cm³/mol. The van der Waals surface area contributed by atoms with Crippen molar-refractivity contribution >= 4 is 34.2 Å². The highest BCUT2D eigenvalue weighted by molar-refractivity contribution is 5.95. The van der Waals surface area contributed by atoms with Crippen molar-refractivity contribution in [3.05, 3.63) is 24.5 Å². The Kier molecular flexibility index (Phi) is 3.65. The molecule has 104 valence electrons.